The highest BCUT2D eigenvalue weighted by molar-refractivity contribution is 7.00. The van der Waals surface area contributed by atoms with Crippen LogP contribution in [0.5, 0.6) is 0 Å². The van der Waals surface area contributed by atoms with Crippen LogP contribution in [-0.2, 0) is 28.1 Å². The summed E-state index contributed by atoms with van der Waals surface area (Å²) in [4.78, 5) is 5.04. The number of unbranched alkanes of at least 4 members (excludes halogenated alkanes) is 1. The lowest BCUT2D eigenvalue weighted by Crippen LogP contribution is -2.69. The number of rotatable bonds is 15. The third-order valence-electron chi connectivity index (χ3n) is 11.5. The van der Waals surface area contributed by atoms with Gasteiger partial charge < -0.3 is 8.85 Å². The first kappa shape index (κ1) is 40.0. The highest BCUT2D eigenvalue weighted by Gasteiger charge is 2.54. The Kier molecular flexibility index (Phi) is 12.6. The van der Waals surface area contributed by atoms with E-state index in [0.717, 1.165) is 52.1 Å². The van der Waals surface area contributed by atoms with Crippen molar-refractivity contribution in [1.82, 2.24) is 4.98 Å². The molecular formula is C48H60FNO2Si2. The maximum Gasteiger partial charge on any atom is 0.261 e. The molecule has 54 heavy (non-hydrogen) atoms. The average Bonchev–Trinajstić information content (AvgIpc) is 3.18. The first-order valence-electron chi connectivity index (χ1n) is 20.0. The molecule has 1 heterocycles. The fraction of sp³-hybridized carbons (Fsp3) is 0.396. The summed E-state index contributed by atoms with van der Waals surface area (Å²) in [6, 6.07) is 46.7. The molecule has 0 saturated carbocycles. The van der Waals surface area contributed by atoms with Crippen LogP contribution in [0, 0.1) is 0 Å². The second kappa shape index (κ2) is 17.0. The van der Waals surface area contributed by atoms with Crippen LogP contribution in [0.4, 0.5) is 4.39 Å². The van der Waals surface area contributed by atoms with E-state index in [-0.39, 0.29) is 23.3 Å². The van der Waals surface area contributed by atoms with Crippen molar-refractivity contribution in [1.29, 1.82) is 0 Å². The molecule has 3 nitrogen and oxygen atoms in total. The van der Waals surface area contributed by atoms with E-state index in [9.17, 15) is 0 Å². The maximum absolute atomic E-state index is 18.4. The van der Waals surface area contributed by atoms with Gasteiger partial charge in [0.1, 0.15) is 0 Å². The summed E-state index contributed by atoms with van der Waals surface area (Å²) in [5.41, 5.74) is 2.04. The smallest absolute Gasteiger partial charge is 0.261 e. The summed E-state index contributed by atoms with van der Waals surface area (Å²) < 4.78 is 33.1. The van der Waals surface area contributed by atoms with E-state index in [0.29, 0.717) is 12.8 Å². The van der Waals surface area contributed by atoms with Crippen molar-refractivity contribution < 1.29 is 13.2 Å². The van der Waals surface area contributed by atoms with Crippen LogP contribution in [0.15, 0.2) is 133 Å². The number of benzene rings is 4. The van der Waals surface area contributed by atoms with Gasteiger partial charge in [-0.1, -0.05) is 169 Å². The summed E-state index contributed by atoms with van der Waals surface area (Å²) in [7, 11) is -6.01. The molecule has 4 aromatic carbocycles. The second-order valence-corrected chi connectivity index (χ2v) is 26.0. The topological polar surface area (TPSA) is 31.4 Å². The fourth-order valence-corrected chi connectivity index (χ4v) is 18.0. The molecule has 0 fully saturated rings. The van der Waals surface area contributed by atoms with E-state index >= 15 is 4.39 Å². The van der Waals surface area contributed by atoms with Crippen molar-refractivity contribution in [2.24, 2.45) is 0 Å². The zero-order chi connectivity index (χ0) is 38.3. The Balaban J connectivity index is 1.35. The predicted octanol–water partition coefficient (Wildman–Crippen LogP) is 9.53. The standard InChI is InChI=1S/C48H60FNO2Si2/c1-46(2,3)53(41-25-11-7-12-26-41,42-27-13-8-14-28-42)51-37-48(49,36-22-21-24-40-35-34-39-23-19-20-33-45(39)50-40)38-52-54(47(4,5)6,43-29-15-9-16-30-43)44-31-17-10-18-32-44/h7-18,25-32,34-35H,19-24,33,36-38H2,1-6H3. The van der Waals surface area contributed by atoms with Crippen LogP contribution in [0.25, 0.3) is 0 Å². The van der Waals surface area contributed by atoms with E-state index in [1.807, 2.05) is 24.3 Å². The number of aromatic nitrogens is 1. The largest absolute Gasteiger partial charge is 0.404 e. The Morgan fingerprint density at radius 2 is 0.944 bits per heavy atom. The van der Waals surface area contributed by atoms with Crippen molar-refractivity contribution >= 4 is 37.4 Å². The minimum Gasteiger partial charge on any atom is -0.404 e. The van der Waals surface area contributed by atoms with Crippen LogP contribution >= 0.6 is 0 Å². The Morgan fingerprint density at radius 3 is 1.35 bits per heavy atom. The van der Waals surface area contributed by atoms with Gasteiger partial charge in [-0.25, -0.2) is 4.39 Å². The molecular weight excluding hydrogens is 698 g/mol. The number of nitrogens with zero attached hydrogens (tertiary/aromatic N) is 1. The number of halogens is 1. The molecule has 0 amide bonds. The van der Waals surface area contributed by atoms with Gasteiger partial charge in [-0.3, -0.25) is 4.98 Å². The summed E-state index contributed by atoms with van der Waals surface area (Å²) in [5.74, 6) is 0. The monoisotopic (exact) mass is 757 g/mol. The minimum absolute atomic E-state index is 0.0461. The molecule has 6 rings (SSSR count). The average molecular weight is 758 g/mol. The zero-order valence-corrected chi connectivity index (χ0v) is 35.4. The number of alkyl halides is 1. The second-order valence-electron chi connectivity index (χ2n) is 17.4. The van der Waals surface area contributed by atoms with Crippen LogP contribution in [0.2, 0.25) is 10.1 Å². The van der Waals surface area contributed by atoms with Gasteiger partial charge in [0, 0.05) is 11.4 Å². The number of hydrogen-bond donors (Lipinski definition) is 0. The molecule has 284 valence electrons. The van der Waals surface area contributed by atoms with Gasteiger partial charge >= 0.3 is 0 Å². The third kappa shape index (κ3) is 8.57. The normalized spacial score (nSPS) is 14.1. The molecule has 0 bridgehead atoms. The number of fused-ring (bicyclic) bond motifs is 1. The van der Waals surface area contributed by atoms with Crippen LogP contribution in [0.1, 0.15) is 90.6 Å². The molecule has 0 spiro atoms. The number of hydrogen-bond acceptors (Lipinski definition) is 3. The van der Waals surface area contributed by atoms with E-state index in [1.165, 1.54) is 24.1 Å². The first-order chi connectivity index (χ1) is 25.9. The molecule has 1 aliphatic rings. The van der Waals surface area contributed by atoms with Gasteiger partial charge in [-0.05, 0) is 93.8 Å². The van der Waals surface area contributed by atoms with Gasteiger partial charge in [0.05, 0.1) is 13.2 Å². The highest BCUT2D eigenvalue weighted by atomic mass is 28.4. The molecule has 1 aliphatic carbocycles. The quantitative estimate of drug-likeness (QED) is 0.0788. The Labute approximate surface area is 326 Å². The minimum atomic E-state index is -3.01. The van der Waals surface area contributed by atoms with E-state index < -0.39 is 22.3 Å². The van der Waals surface area contributed by atoms with Gasteiger partial charge in [0.15, 0.2) is 5.67 Å². The van der Waals surface area contributed by atoms with Crippen molar-refractivity contribution in [3.8, 4) is 0 Å². The van der Waals surface area contributed by atoms with Gasteiger partial charge in [-0.15, -0.1) is 0 Å². The molecule has 5 aromatic rings. The fourth-order valence-electron chi connectivity index (χ4n) is 8.70. The summed E-state index contributed by atoms with van der Waals surface area (Å²) in [6.45, 7) is 13.4. The summed E-state index contributed by atoms with van der Waals surface area (Å²) in [6.07, 6.45) is 7.41. The van der Waals surface area contributed by atoms with Gasteiger partial charge in [0.2, 0.25) is 0 Å². The van der Waals surface area contributed by atoms with Crippen LogP contribution in [0.3, 0.4) is 0 Å². The molecule has 0 unspecified atom stereocenters. The van der Waals surface area contributed by atoms with E-state index in [2.05, 4.69) is 151 Å². The maximum atomic E-state index is 18.4. The van der Waals surface area contributed by atoms with Crippen molar-refractivity contribution in [3.63, 3.8) is 0 Å². The molecule has 6 heteroatoms. The lowest BCUT2D eigenvalue weighted by Gasteiger charge is -2.46. The zero-order valence-electron chi connectivity index (χ0n) is 33.4. The van der Waals surface area contributed by atoms with Crippen LogP contribution in [-0.4, -0.2) is 40.5 Å². The lowest BCUT2D eigenvalue weighted by molar-refractivity contribution is 0.0194. The first-order valence-corrected chi connectivity index (χ1v) is 23.9. The predicted molar refractivity (Wildman–Crippen MR) is 229 cm³/mol. The van der Waals surface area contributed by atoms with Crippen molar-refractivity contribution in [2.75, 3.05) is 13.2 Å². The molecule has 0 radical (unpaired) electrons. The number of aryl methyl sites for hydroxylation is 3. The van der Waals surface area contributed by atoms with Crippen molar-refractivity contribution in [3.05, 3.63) is 150 Å². The third-order valence-corrected chi connectivity index (χ3v) is 21.4. The Morgan fingerprint density at radius 1 is 0.537 bits per heavy atom. The Hall–Kier alpha value is -3.69. The van der Waals surface area contributed by atoms with E-state index in [1.54, 1.807) is 0 Å². The summed E-state index contributed by atoms with van der Waals surface area (Å²) >= 11 is 0. The lowest BCUT2D eigenvalue weighted by atomic mass is 9.95. The molecule has 0 N–H and O–H groups in total. The summed E-state index contributed by atoms with van der Waals surface area (Å²) in [5, 5.41) is 4.06. The molecule has 1 aromatic heterocycles. The van der Waals surface area contributed by atoms with Gasteiger partial charge in [-0.2, -0.15) is 0 Å². The van der Waals surface area contributed by atoms with Crippen molar-refractivity contribution in [2.45, 2.75) is 109 Å². The SMILES string of the molecule is CC(C)(C)[Si](OCC(F)(CCCCc1ccc2c(n1)CCCC2)CO[Si](c1ccccc1)(c1ccccc1)C(C)(C)C)(c1ccccc1)c1ccccc1. The van der Waals surface area contributed by atoms with E-state index in [4.69, 9.17) is 13.8 Å². The molecule has 0 aliphatic heterocycles. The molecule has 0 atom stereocenters. The number of pyridine rings is 1. The van der Waals surface area contributed by atoms with Crippen LogP contribution < -0.4 is 20.7 Å². The molecule has 0 saturated heterocycles. The Bertz CT molecular complexity index is 1720. The highest BCUT2D eigenvalue weighted by Crippen LogP contribution is 2.40. The van der Waals surface area contributed by atoms with Gasteiger partial charge in [0.25, 0.3) is 16.6 Å².